The maximum Gasteiger partial charge on any atom is 0.232 e. The van der Waals surface area contributed by atoms with E-state index < -0.39 is 0 Å². The zero-order valence-electron chi connectivity index (χ0n) is 16.2. The van der Waals surface area contributed by atoms with Crippen molar-refractivity contribution in [2.45, 2.75) is 59.3 Å². The third-order valence-corrected chi connectivity index (χ3v) is 5.52. The fourth-order valence-corrected chi connectivity index (χ4v) is 4.00. The summed E-state index contributed by atoms with van der Waals surface area (Å²) in [7, 11) is 0. The molecule has 0 saturated heterocycles. The Morgan fingerprint density at radius 2 is 1.96 bits per heavy atom. The molecule has 27 heavy (non-hydrogen) atoms. The molecular formula is C21H26ClN5. The molecule has 2 aromatic heterocycles. The van der Waals surface area contributed by atoms with Gasteiger partial charge in [-0.1, -0.05) is 43.4 Å². The number of aryl methyl sites for hydroxylation is 4. The van der Waals surface area contributed by atoms with E-state index >= 15 is 0 Å². The largest absolute Gasteiger partial charge is 0.322 e. The molecule has 1 saturated carbocycles. The predicted molar refractivity (Wildman–Crippen MR) is 110 cm³/mol. The molecule has 5 nitrogen and oxygen atoms in total. The zero-order valence-corrected chi connectivity index (χ0v) is 17.0. The third kappa shape index (κ3) is 4.08. The number of hydrogen-bond acceptors (Lipinski definition) is 4. The molecular weight excluding hydrogens is 358 g/mol. The monoisotopic (exact) mass is 383 g/mol. The number of nitrogens with zero attached hydrogens (tertiary/aromatic N) is 4. The Bertz CT molecular complexity index is 951. The maximum atomic E-state index is 6.46. The zero-order chi connectivity index (χ0) is 19.0. The highest BCUT2D eigenvalue weighted by Crippen LogP contribution is 2.34. The molecule has 0 atom stereocenters. The summed E-state index contributed by atoms with van der Waals surface area (Å²) < 4.78 is 1.79. The summed E-state index contributed by atoms with van der Waals surface area (Å²) in [6.45, 7) is 6.00. The average Bonchev–Trinajstić information content (AvgIpc) is 3.34. The smallest absolute Gasteiger partial charge is 0.232 e. The van der Waals surface area contributed by atoms with Crippen molar-refractivity contribution >= 4 is 28.9 Å². The second-order valence-corrected chi connectivity index (χ2v) is 8.16. The van der Waals surface area contributed by atoms with Gasteiger partial charge < -0.3 is 5.32 Å². The van der Waals surface area contributed by atoms with Gasteiger partial charge in [0.25, 0.3) is 0 Å². The molecule has 142 valence electrons. The van der Waals surface area contributed by atoms with Crippen molar-refractivity contribution in [3.8, 4) is 0 Å². The fraction of sp³-hybridized carbons (Fsp3) is 0.476. The van der Waals surface area contributed by atoms with Crippen LogP contribution in [0.3, 0.4) is 0 Å². The van der Waals surface area contributed by atoms with Crippen molar-refractivity contribution in [2.75, 3.05) is 5.32 Å². The molecule has 0 unspecified atom stereocenters. The van der Waals surface area contributed by atoms with Gasteiger partial charge in [-0.2, -0.15) is 14.6 Å². The molecule has 0 radical (unpaired) electrons. The van der Waals surface area contributed by atoms with Gasteiger partial charge in [-0.25, -0.2) is 4.98 Å². The number of unbranched alkanes of at least 4 members (excludes halogenated alkanes) is 1. The van der Waals surface area contributed by atoms with E-state index in [2.05, 4.69) is 26.4 Å². The van der Waals surface area contributed by atoms with E-state index in [1.54, 1.807) is 4.52 Å². The normalized spacial score (nSPS) is 14.1. The topological polar surface area (TPSA) is 55.1 Å². The number of fused-ring (bicyclic) bond motifs is 1. The van der Waals surface area contributed by atoms with E-state index in [1.807, 2.05) is 33.0 Å². The fourth-order valence-electron chi connectivity index (χ4n) is 3.63. The van der Waals surface area contributed by atoms with E-state index in [-0.39, 0.29) is 0 Å². The first-order chi connectivity index (χ1) is 13.0. The van der Waals surface area contributed by atoms with E-state index in [0.717, 1.165) is 40.6 Å². The van der Waals surface area contributed by atoms with E-state index in [9.17, 15) is 0 Å². The minimum absolute atomic E-state index is 0.649. The van der Waals surface area contributed by atoms with Crippen molar-refractivity contribution in [3.05, 3.63) is 45.9 Å². The highest BCUT2D eigenvalue weighted by atomic mass is 35.5. The summed E-state index contributed by atoms with van der Waals surface area (Å²) in [5.41, 5.74) is 5.16. The van der Waals surface area contributed by atoms with Crippen LogP contribution in [0.5, 0.6) is 0 Å². The van der Waals surface area contributed by atoms with Gasteiger partial charge >= 0.3 is 0 Å². The molecule has 0 spiro atoms. The average molecular weight is 384 g/mol. The van der Waals surface area contributed by atoms with Crippen molar-refractivity contribution in [3.63, 3.8) is 0 Å². The Hall–Kier alpha value is -2.14. The predicted octanol–water partition coefficient (Wildman–Crippen LogP) is 5.57. The van der Waals surface area contributed by atoms with Gasteiger partial charge in [-0.3, -0.25) is 0 Å². The van der Waals surface area contributed by atoms with Crippen molar-refractivity contribution in [1.82, 2.24) is 19.6 Å². The highest BCUT2D eigenvalue weighted by molar-refractivity contribution is 6.33. The maximum absolute atomic E-state index is 6.46. The minimum Gasteiger partial charge on any atom is -0.322 e. The number of aromatic nitrogens is 4. The quantitative estimate of drug-likeness (QED) is 0.542. The number of benzene rings is 1. The lowest BCUT2D eigenvalue weighted by atomic mass is 10.1. The van der Waals surface area contributed by atoms with Gasteiger partial charge in [-0.05, 0) is 56.7 Å². The van der Waals surface area contributed by atoms with Crippen LogP contribution in [0.15, 0.2) is 18.3 Å². The Morgan fingerprint density at radius 3 is 2.70 bits per heavy atom. The molecule has 2 heterocycles. The molecule has 0 bridgehead atoms. The van der Waals surface area contributed by atoms with Crippen LogP contribution in [-0.2, 0) is 6.42 Å². The summed E-state index contributed by atoms with van der Waals surface area (Å²) in [5.74, 6) is 2.37. The molecule has 1 N–H and O–H groups in total. The number of nitrogens with one attached hydrogen (secondary N) is 1. The first-order valence-electron chi connectivity index (χ1n) is 9.76. The summed E-state index contributed by atoms with van der Waals surface area (Å²) in [4.78, 5) is 9.20. The van der Waals surface area contributed by atoms with E-state index in [1.165, 1.54) is 37.7 Å². The van der Waals surface area contributed by atoms with Gasteiger partial charge in [0.2, 0.25) is 5.95 Å². The molecule has 1 aliphatic rings. The number of anilines is 2. The summed E-state index contributed by atoms with van der Waals surface area (Å²) in [6.07, 6.45) is 9.64. The lowest BCUT2D eigenvalue weighted by molar-refractivity contribution is 0.629. The van der Waals surface area contributed by atoms with Crippen LogP contribution in [0.1, 0.15) is 54.6 Å². The summed E-state index contributed by atoms with van der Waals surface area (Å²) in [5, 5.41) is 8.60. The van der Waals surface area contributed by atoms with E-state index in [4.69, 9.17) is 11.6 Å². The number of hydrogen-bond donors (Lipinski definition) is 1. The number of halogens is 1. The van der Waals surface area contributed by atoms with Crippen LogP contribution in [0.25, 0.3) is 5.65 Å². The molecule has 3 aromatic rings. The Labute approximate surface area is 165 Å². The summed E-state index contributed by atoms with van der Waals surface area (Å²) in [6, 6.07) is 4.06. The lowest BCUT2D eigenvalue weighted by Gasteiger charge is -2.13. The molecule has 0 aliphatic heterocycles. The molecule has 1 fully saturated rings. The standard InChI is InChI=1S/C21H26ClN5/c1-13-10-14(2)19(18(22)11-13)26-21-25-15(3)24-20-17(12-23-27(20)21)7-5-4-6-16-8-9-16/h10-12,16H,4-9H2,1-3H3,(H,24,25,26). The first-order valence-corrected chi connectivity index (χ1v) is 10.1. The minimum atomic E-state index is 0.649. The van der Waals surface area contributed by atoms with Crippen LogP contribution in [0.4, 0.5) is 11.6 Å². The van der Waals surface area contributed by atoms with Crippen LogP contribution < -0.4 is 5.32 Å². The van der Waals surface area contributed by atoms with Gasteiger partial charge in [0, 0.05) is 5.56 Å². The SMILES string of the molecule is Cc1cc(C)c(Nc2nc(C)nc3c(CCCCC4CC4)cnn23)c(Cl)c1. The molecule has 6 heteroatoms. The van der Waals surface area contributed by atoms with Crippen LogP contribution >= 0.6 is 11.6 Å². The van der Waals surface area contributed by atoms with Crippen molar-refractivity contribution < 1.29 is 0 Å². The van der Waals surface area contributed by atoms with Gasteiger partial charge in [0.15, 0.2) is 5.65 Å². The lowest BCUT2D eigenvalue weighted by Crippen LogP contribution is -2.07. The van der Waals surface area contributed by atoms with Crippen molar-refractivity contribution in [2.24, 2.45) is 5.92 Å². The Morgan fingerprint density at radius 1 is 1.15 bits per heavy atom. The summed E-state index contributed by atoms with van der Waals surface area (Å²) >= 11 is 6.46. The Kier molecular flexibility index (Phi) is 5.04. The van der Waals surface area contributed by atoms with E-state index in [0.29, 0.717) is 11.0 Å². The second-order valence-electron chi connectivity index (χ2n) is 7.75. The number of rotatable bonds is 7. The van der Waals surface area contributed by atoms with Gasteiger partial charge in [-0.15, -0.1) is 0 Å². The van der Waals surface area contributed by atoms with Crippen LogP contribution in [0, 0.1) is 26.7 Å². The van der Waals surface area contributed by atoms with Crippen LogP contribution in [0.2, 0.25) is 5.02 Å². The molecule has 1 aliphatic carbocycles. The molecule has 1 aromatic carbocycles. The first kappa shape index (κ1) is 18.2. The molecule has 4 rings (SSSR count). The second kappa shape index (κ2) is 7.47. The van der Waals surface area contributed by atoms with Crippen molar-refractivity contribution in [1.29, 1.82) is 0 Å². The van der Waals surface area contributed by atoms with Gasteiger partial charge in [0.05, 0.1) is 16.9 Å². The highest BCUT2D eigenvalue weighted by Gasteiger charge is 2.20. The third-order valence-electron chi connectivity index (χ3n) is 5.23. The van der Waals surface area contributed by atoms with Gasteiger partial charge in [0.1, 0.15) is 5.82 Å². The Balaban J connectivity index is 1.59. The molecule has 0 amide bonds. The van der Waals surface area contributed by atoms with Crippen LogP contribution in [-0.4, -0.2) is 19.6 Å².